The lowest BCUT2D eigenvalue weighted by atomic mass is 10.1. The molecular weight excluding hydrogens is 368 g/mol. The number of imidazole rings is 1. The molecule has 1 aliphatic rings. The average Bonchev–Trinajstić information content (AvgIpc) is 3.09. The number of morpholine rings is 1. The normalized spacial score (nSPS) is 18.5. The number of rotatable bonds is 6. The number of halogens is 1. The second-order valence-corrected chi connectivity index (χ2v) is 7.23. The molecule has 0 saturated carbocycles. The molecule has 3 rings (SSSR count). The molecule has 130 valence electrons. The van der Waals surface area contributed by atoms with Gasteiger partial charge in [-0.05, 0) is 26.0 Å². The number of hydrogen-bond donors (Lipinski definition) is 2. The van der Waals surface area contributed by atoms with Crippen LogP contribution >= 0.6 is 15.9 Å². The van der Waals surface area contributed by atoms with Crippen LogP contribution in [-0.4, -0.2) is 53.3 Å². The van der Waals surface area contributed by atoms with Gasteiger partial charge in [0.15, 0.2) is 0 Å². The van der Waals surface area contributed by atoms with Crippen LogP contribution < -0.4 is 5.32 Å². The molecule has 6 heteroatoms. The summed E-state index contributed by atoms with van der Waals surface area (Å²) < 4.78 is 6.50. The molecule has 1 fully saturated rings. The zero-order valence-electron chi connectivity index (χ0n) is 14.3. The molecule has 0 aliphatic carbocycles. The van der Waals surface area contributed by atoms with Crippen LogP contribution in [0, 0.1) is 0 Å². The van der Waals surface area contributed by atoms with Crippen molar-refractivity contribution in [3.05, 3.63) is 40.8 Å². The van der Waals surface area contributed by atoms with Gasteiger partial charge in [0.1, 0.15) is 5.82 Å². The van der Waals surface area contributed by atoms with Crippen LogP contribution in [0.1, 0.15) is 19.7 Å². The van der Waals surface area contributed by atoms with E-state index in [1.165, 1.54) is 0 Å². The summed E-state index contributed by atoms with van der Waals surface area (Å²) in [5, 5.41) is 3.59. The maximum atomic E-state index is 5.43. The van der Waals surface area contributed by atoms with E-state index in [0.29, 0.717) is 12.1 Å². The Balaban J connectivity index is 1.55. The smallest absolute Gasteiger partial charge is 0.120 e. The summed E-state index contributed by atoms with van der Waals surface area (Å²) >= 11 is 3.51. The number of nitrogens with zero attached hydrogens (tertiary/aromatic N) is 2. The van der Waals surface area contributed by atoms with Crippen molar-refractivity contribution in [1.29, 1.82) is 0 Å². The molecule has 1 aromatic heterocycles. The Labute approximate surface area is 151 Å². The van der Waals surface area contributed by atoms with Crippen molar-refractivity contribution in [2.75, 3.05) is 26.3 Å². The molecule has 2 atom stereocenters. The molecule has 24 heavy (non-hydrogen) atoms. The molecule has 5 nitrogen and oxygen atoms in total. The lowest BCUT2D eigenvalue weighted by Crippen LogP contribution is -2.50. The molecule has 1 saturated heterocycles. The van der Waals surface area contributed by atoms with Crippen LogP contribution in [0.3, 0.4) is 0 Å². The zero-order chi connectivity index (χ0) is 16.9. The van der Waals surface area contributed by atoms with E-state index in [2.05, 4.69) is 62.1 Å². The number of aromatic nitrogens is 2. The van der Waals surface area contributed by atoms with Gasteiger partial charge in [-0.2, -0.15) is 0 Å². The largest absolute Gasteiger partial charge is 0.379 e. The van der Waals surface area contributed by atoms with E-state index in [1.54, 1.807) is 0 Å². The molecule has 2 unspecified atom stereocenters. The van der Waals surface area contributed by atoms with Crippen molar-refractivity contribution in [3.8, 4) is 11.3 Å². The quantitative estimate of drug-likeness (QED) is 0.792. The van der Waals surface area contributed by atoms with Crippen LogP contribution in [0.4, 0.5) is 0 Å². The van der Waals surface area contributed by atoms with Crippen LogP contribution in [0.5, 0.6) is 0 Å². The van der Waals surface area contributed by atoms with E-state index in [1.807, 2.05) is 18.3 Å². The van der Waals surface area contributed by atoms with Crippen molar-refractivity contribution in [2.24, 2.45) is 0 Å². The predicted molar refractivity (Wildman–Crippen MR) is 99.9 cm³/mol. The molecular formula is C18H25BrN4O. The minimum Gasteiger partial charge on any atom is -0.379 e. The predicted octanol–water partition coefficient (Wildman–Crippen LogP) is 3.04. The van der Waals surface area contributed by atoms with Gasteiger partial charge in [0.05, 0.1) is 31.6 Å². The standard InChI is InChI=1S/C18H25BrN4O/c1-13(14(2)23-6-8-24-9-7-23)20-12-18-21-11-17(22-18)15-4-3-5-16(19)10-15/h3-5,10-11,13-14,20H,6-9,12H2,1-2H3,(H,21,22). The molecule has 0 radical (unpaired) electrons. The van der Waals surface area contributed by atoms with Gasteiger partial charge in [-0.15, -0.1) is 0 Å². The van der Waals surface area contributed by atoms with Gasteiger partial charge in [-0.1, -0.05) is 28.1 Å². The van der Waals surface area contributed by atoms with E-state index in [9.17, 15) is 0 Å². The average molecular weight is 393 g/mol. The number of benzene rings is 1. The van der Waals surface area contributed by atoms with Gasteiger partial charge in [-0.25, -0.2) is 4.98 Å². The number of nitrogens with one attached hydrogen (secondary N) is 2. The topological polar surface area (TPSA) is 53.2 Å². The first-order chi connectivity index (χ1) is 11.6. The van der Waals surface area contributed by atoms with Gasteiger partial charge in [0.2, 0.25) is 0 Å². The first-order valence-electron chi connectivity index (χ1n) is 8.48. The molecule has 1 aromatic carbocycles. The van der Waals surface area contributed by atoms with Crippen LogP contribution in [-0.2, 0) is 11.3 Å². The second-order valence-electron chi connectivity index (χ2n) is 6.31. The summed E-state index contributed by atoms with van der Waals surface area (Å²) in [7, 11) is 0. The Morgan fingerprint density at radius 2 is 2.12 bits per heavy atom. The Morgan fingerprint density at radius 1 is 1.33 bits per heavy atom. The lowest BCUT2D eigenvalue weighted by molar-refractivity contribution is 0.0135. The Bertz CT molecular complexity index is 654. The van der Waals surface area contributed by atoms with Crippen molar-refractivity contribution in [3.63, 3.8) is 0 Å². The fraction of sp³-hybridized carbons (Fsp3) is 0.500. The van der Waals surface area contributed by atoms with Crippen molar-refractivity contribution in [1.82, 2.24) is 20.2 Å². The van der Waals surface area contributed by atoms with Gasteiger partial charge in [-0.3, -0.25) is 4.90 Å². The van der Waals surface area contributed by atoms with Crippen molar-refractivity contribution in [2.45, 2.75) is 32.5 Å². The SMILES string of the molecule is CC(NCc1ncc(-c2cccc(Br)c2)[nH]1)C(C)N1CCOCC1. The third kappa shape index (κ3) is 4.45. The highest BCUT2D eigenvalue weighted by molar-refractivity contribution is 9.10. The molecule has 1 aliphatic heterocycles. The maximum Gasteiger partial charge on any atom is 0.120 e. The van der Waals surface area contributed by atoms with Gasteiger partial charge in [0.25, 0.3) is 0 Å². The summed E-state index contributed by atoms with van der Waals surface area (Å²) in [6, 6.07) is 9.10. The number of aromatic amines is 1. The van der Waals surface area contributed by atoms with Gasteiger partial charge < -0.3 is 15.0 Å². The fourth-order valence-corrected chi connectivity index (χ4v) is 3.38. The highest BCUT2D eigenvalue weighted by Gasteiger charge is 2.21. The fourth-order valence-electron chi connectivity index (χ4n) is 2.98. The molecule has 0 bridgehead atoms. The minimum absolute atomic E-state index is 0.391. The summed E-state index contributed by atoms with van der Waals surface area (Å²) in [6.07, 6.45) is 1.90. The third-order valence-electron chi connectivity index (χ3n) is 4.70. The third-order valence-corrected chi connectivity index (χ3v) is 5.19. The Hall–Kier alpha value is -1.21. The number of ether oxygens (including phenoxy) is 1. The molecule has 2 heterocycles. The Morgan fingerprint density at radius 3 is 2.88 bits per heavy atom. The summed E-state index contributed by atoms with van der Waals surface area (Å²) in [4.78, 5) is 10.4. The Kier molecular flexibility index (Phi) is 6.05. The molecule has 2 aromatic rings. The van der Waals surface area contributed by atoms with Gasteiger partial charge in [0, 0.05) is 35.2 Å². The van der Waals surface area contributed by atoms with Crippen LogP contribution in [0.2, 0.25) is 0 Å². The first-order valence-corrected chi connectivity index (χ1v) is 9.28. The van der Waals surface area contributed by atoms with Crippen molar-refractivity contribution < 1.29 is 4.74 Å². The van der Waals surface area contributed by atoms with E-state index < -0.39 is 0 Å². The number of H-pyrrole nitrogens is 1. The number of hydrogen-bond acceptors (Lipinski definition) is 4. The molecule has 0 spiro atoms. The van der Waals surface area contributed by atoms with E-state index >= 15 is 0 Å². The monoisotopic (exact) mass is 392 g/mol. The van der Waals surface area contributed by atoms with Crippen LogP contribution in [0.15, 0.2) is 34.9 Å². The van der Waals surface area contributed by atoms with E-state index in [-0.39, 0.29) is 0 Å². The van der Waals surface area contributed by atoms with E-state index in [4.69, 9.17) is 4.74 Å². The zero-order valence-corrected chi connectivity index (χ0v) is 15.8. The van der Waals surface area contributed by atoms with Crippen LogP contribution in [0.25, 0.3) is 11.3 Å². The van der Waals surface area contributed by atoms with Gasteiger partial charge >= 0.3 is 0 Å². The molecule has 0 amide bonds. The van der Waals surface area contributed by atoms with E-state index in [0.717, 1.165) is 54.4 Å². The van der Waals surface area contributed by atoms with Crippen molar-refractivity contribution >= 4 is 15.9 Å². The highest BCUT2D eigenvalue weighted by Crippen LogP contribution is 2.21. The lowest BCUT2D eigenvalue weighted by Gasteiger charge is -2.35. The maximum absolute atomic E-state index is 5.43. The highest BCUT2D eigenvalue weighted by atomic mass is 79.9. The molecule has 2 N–H and O–H groups in total. The summed E-state index contributed by atoms with van der Waals surface area (Å²) in [5.41, 5.74) is 2.18. The first kappa shape index (κ1) is 17.6. The summed E-state index contributed by atoms with van der Waals surface area (Å²) in [6.45, 7) is 8.96. The second kappa shape index (κ2) is 8.25. The minimum atomic E-state index is 0.391. The summed E-state index contributed by atoms with van der Waals surface area (Å²) in [5.74, 6) is 0.964.